The fourth-order valence-electron chi connectivity index (χ4n) is 3.61. The third-order valence-corrected chi connectivity index (χ3v) is 6.03. The molecule has 0 aliphatic rings. The third-order valence-electron chi connectivity index (χ3n) is 6.03. The summed E-state index contributed by atoms with van der Waals surface area (Å²) >= 11 is 0. The van der Waals surface area contributed by atoms with Gasteiger partial charge in [0.2, 0.25) is 0 Å². The van der Waals surface area contributed by atoms with Crippen LogP contribution in [0.5, 0.6) is 11.5 Å². The molecule has 3 rings (SSSR count). The van der Waals surface area contributed by atoms with E-state index in [1.54, 1.807) is 24.3 Å². The second kappa shape index (κ2) is 12.4. The van der Waals surface area contributed by atoms with E-state index < -0.39 is 5.91 Å². The van der Waals surface area contributed by atoms with Gasteiger partial charge in [0.15, 0.2) is 18.1 Å². The highest BCUT2D eigenvalue weighted by atomic mass is 16.5. The van der Waals surface area contributed by atoms with Gasteiger partial charge < -0.3 is 20.1 Å². The molecule has 0 atom stereocenters. The van der Waals surface area contributed by atoms with Crippen LogP contribution in [-0.2, 0) is 9.59 Å². The van der Waals surface area contributed by atoms with Crippen LogP contribution in [0, 0.1) is 39.0 Å². The minimum Gasteiger partial charge on any atom is -0.490 e. The quantitative estimate of drug-likeness (QED) is 0.284. The number of carbonyl (C=O) groups excluding carboxylic acids is 2. The summed E-state index contributed by atoms with van der Waals surface area (Å²) in [4.78, 5) is 25.2. The summed E-state index contributed by atoms with van der Waals surface area (Å²) < 4.78 is 11.4. The van der Waals surface area contributed by atoms with Crippen LogP contribution in [-0.4, -0.2) is 25.0 Å². The molecule has 3 aromatic rings. The van der Waals surface area contributed by atoms with Crippen molar-refractivity contribution in [3.05, 3.63) is 88.0 Å². The number of rotatable bonds is 9. The summed E-state index contributed by atoms with van der Waals surface area (Å²) in [5, 5.41) is 15.3. The van der Waals surface area contributed by atoms with E-state index in [-0.39, 0.29) is 18.1 Å². The molecule has 0 unspecified atom stereocenters. The van der Waals surface area contributed by atoms with Gasteiger partial charge in [-0.3, -0.25) is 9.59 Å². The molecule has 0 bridgehead atoms. The second-order valence-corrected chi connectivity index (χ2v) is 8.59. The van der Waals surface area contributed by atoms with Gasteiger partial charge in [-0.15, -0.1) is 0 Å². The molecule has 190 valence electrons. The van der Waals surface area contributed by atoms with Gasteiger partial charge in [-0.2, -0.15) is 5.26 Å². The van der Waals surface area contributed by atoms with Crippen molar-refractivity contribution in [3.63, 3.8) is 0 Å². The van der Waals surface area contributed by atoms with E-state index >= 15 is 0 Å². The van der Waals surface area contributed by atoms with Crippen LogP contribution >= 0.6 is 0 Å². The maximum absolute atomic E-state index is 12.8. The molecule has 0 aromatic heterocycles. The van der Waals surface area contributed by atoms with E-state index in [9.17, 15) is 14.9 Å². The number of hydrogen-bond donors (Lipinski definition) is 2. The van der Waals surface area contributed by atoms with Crippen LogP contribution in [0.2, 0.25) is 0 Å². The molecule has 0 heterocycles. The van der Waals surface area contributed by atoms with E-state index in [0.717, 1.165) is 27.9 Å². The lowest BCUT2D eigenvalue weighted by Gasteiger charge is -2.14. The number of ether oxygens (including phenoxy) is 2. The zero-order valence-electron chi connectivity index (χ0n) is 21.8. The van der Waals surface area contributed by atoms with Crippen molar-refractivity contribution in [3.8, 4) is 17.6 Å². The van der Waals surface area contributed by atoms with Crippen molar-refractivity contribution in [2.24, 2.45) is 0 Å². The summed E-state index contributed by atoms with van der Waals surface area (Å²) in [6.07, 6.45) is 1.49. The molecule has 7 heteroatoms. The van der Waals surface area contributed by atoms with Crippen LogP contribution in [0.3, 0.4) is 0 Å². The maximum atomic E-state index is 12.8. The Hall–Kier alpha value is -4.57. The standard InChI is InChI=1S/C30H31N3O4/c1-6-36-28-16-23(15-24(17-31)30(35)33-26-12-8-10-20(3)22(26)5)13-14-27(28)37-18-29(34)32-25-11-7-9-19(2)21(25)4/h7-16H,6,18H2,1-5H3,(H,32,34)(H,33,35)/b24-15-. The van der Waals surface area contributed by atoms with E-state index in [1.807, 2.05) is 71.0 Å². The Morgan fingerprint density at radius 3 is 2.08 bits per heavy atom. The highest BCUT2D eigenvalue weighted by molar-refractivity contribution is 6.10. The van der Waals surface area contributed by atoms with Gasteiger partial charge in [-0.25, -0.2) is 0 Å². The van der Waals surface area contributed by atoms with Gasteiger partial charge in [0.1, 0.15) is 11.6 Å². The van der Waals surface area contributed by atoms with Gasteiger partial charge >= 0.3 is 0 Å². The maximum Gasteiger partial charge on any atom is 0.266 e. The van der Waals surface area contributed by atoms with Gasteiger partial charge in [0.05, 0.1) is 6.61 Å². The van der Waals surface area contributed by atoms with Crippen molar-refractivity contribution >= 4 is 29.3 Å². The number of aryl methyl sites for hydroxylation is 2. The van der Waals surface area contributed by atoms with E-state index in [2.05, 4.69) is 10.6 Å². The Balaban J connectivity index is 1.74. The zero-order chi connectivity index (χ0) is 26.9. The number of anilines is 2. The smallest absolute Gasteiger partial charge is 0.266 e. The SMILES string of the molecule is CCOc1cc(/C=C(/C#N)C(=O)Nc2cccc(C)c2C)ccc1OCC(=O)Nc1cccc(C)c1C. The highest BCUT2D eigenvalue weighted by Gasteiger charge is 2.14. The fourth-order valence-corrected chi connectivity index (χ4v) is 3.61. The first-order chi connectivity index (χ1) is 17.7. The average Bonchev–Trinajstić information content (AvgIpc) is 2.87. The molecule has 37 heavy (non-hydrogen) atoms. The molecule has 0 fully saturated rings. The van der Waals surface area contributed by atoms with Gasteiger partial charge in [0.25, 0.3) is 11.8 Å². The van der Waals surface area contributed by atoms with Crippen molar-refractivity contribution in [2.75, 3.05) is 23.8 Å². The Kier molecular flexibility index (Phi) is 9.06. The Bertz CT molecular complexity index is 1390. The summed E-state index contributed by atoms with van der Waals surface area (Å²) in [7, 11) is 0. The highest BCUT2D eigenvalue weighted by Crippen LogP contribution is 2.30. The first-order valence-corrected chi connectivity index (χ1v) is 12.0. The van der Waals surface area contributed by atoms with Crippen molar-refractivity contribution in [1.29, 1.82) is 5.26 Å². The molecular weight excluding hydrogens is 466 g/mol. The van der Waals surface area contributed by atoms with E-state index in [4.69, 9.17) is 9.47 Å². The van der Waals surface area contributed by atoms with Gasteiger partial charge in [0, 0.05) is 11.4 Å². The first-order valence-electron chi connectivity index (χ1n) is 12.0. The van der Waals surface area contributed by atoms with Crippen LogP contribution < -0.4 is 20.1 Å². The molecule has 0 aliphatic carbocycles. The molecule has 2 amide bonds. The molecular formula is C30H31N3O4. The number of nitriles is 1. The molecule has 0 aliphatic heterocycles. The fraction of sp³-hybridized carbons (Fsp3) is 0.233. The van der Waals surface area contributed by atoms with Crippen LogP contribution in [0.25, 0.3) is 6.08 Å². The predicted octanol–water partition coefficient (Wildman–Crippen LogP) is 5.88. The topological polar surface area (TPSA) is 100 Å². The number of carbonyl (C=O) groups is 2. The van der Waals surface area contributed by atoms with Crippen LogP contribution in [0.1, 0.15) is 34.7 Å². The average molecular weight is 498 g/mol. The summed E-state index contributed by atoms with van der Waals surface area (Å²) in [5.41, 5.74) is 5.99. The number of amides is 2. The second-order valence-electron chi connectivity index (χ2n) is 8.59. The summed E-state index contributed by atoms with van der Waals surface area (Å²) in [6, 6.07) is 18.3. The predicted molar refractivity (Wildman–Crippen MR) is 146 cm³/mol. The minimum absolute atomic E-state index is 0.0510. The minimum atomic E-state index is -0.502. The zero-order valence-corrected chi connectivity index (χ0v) is 21.8. The number of nitrogens with one attached hydrogen (secondary N) is 2. The molecule has 3 aromatic carbocycles. The van der Waals surface area contributed by atoms with Crippen molar-refractivity contribution in [1.82, 2.24) is 0 Å². The van der Waals surface area contributed by atoms with Crippen LogP contribution in [0.4, 0.5) is 11.4 Å². The lowest BCUT2D eigenvalue weighted by atomic mass is 10.1. The lowest BCUT2D eigenvalue weighted by Crippen LogP contribution is -2.21. The molecule has 7 nitrogen and oxygen atoms in total. The number of benzene rings is 3. The van der Waals surface area contributed by atoms with E-state index in [1.165, 1.54) is 6.08 Å². The summed E-state index contributed by atoms with van der Waals surface area (Å²) in [5.74, 6) is -0.0101. The van der Waals surface area contributed by atoms with Gasteiger partial charge in [-0.05, 0) is 92.8 Å². The summed E-state index contributed by atoms with van der Waals surface area (Å²) in [6.45, 7) is 9.80. The Labute approximate surface area is 217 Å². The third kappa shape index (κ3) is 6.98. The number of hydrogen-bond acceptors (Lipinski definition) is 5. The Morgan fingerprint density at radius 2 is 1.49 bits per heavy atom. The molecule has 0 saturated carbocycles. The lowest BCUT2D eigenvalue weighted by molar-refractivity contribution is -0.118. The van der Waals surface area contributed by atoms with Crippen molar-refractivity contribution < 1.29 is 19.1 Å². The molecule has 2 N–H and O–H groups in total. The normalized spacial score (nSPS) is 10.9. The van der Waals surface area contributed by atoms with Gasteiger partial charge in [-0.1, -0.05) is 30.3 Å². The van der Waals surface area contributed by atoms with Crippen LogP contribution in [0.15, 0.2) is 60.2 Å². The molecule has 0 spiro atoms. The van der Waals surface area contributed by atoms with Crippen molar-refractivity contribution in [2.45, 2.75) is 34.6 Å². The largest absolute Gasteiger partial charge is 0.490 e. The molecule has 0 radical (unpaired) electrons. The number of nitrogens with zero attached hydrogens (tertiary/aromatic N) is 1. The Morgan fingerprint density at radius 1 is 0.865 bits per heavy atom. The van der Waals surface area contributed by atoms with E-state index in [0.29, 0.717) is 29.4 Å². The monoisotopic (exact) mass is 497 g/mol. The molecule has 0 saturated heterocycles. The first kappa shape index (κ1) is 27.0.